The molecule has 0 spiro atoms. The van der Waals surface area contributed by atoms with Gasteiger partial charge in [-0.2, -0.15) is 0 Å². The lowest BCUT2D eigenvalue weighted by Gasteiger charge is -2.31. The SMILES string of the molecule is CC(C)C[C@H](NC(=O)[C@@](N)(CC(=O)OCc1ccccc1)C(=O)OC(C)(C)C)C(=O)OCc1ccccc1. The van der Waals surface area contributed by atoms with Crippen LogP contribution in [0.2, 0.25) is 0 Å². The molecule has 0 aliphatic heterocycles. The molecule has 9 heteroatoms. The highest BCUT2D eigenvalue weighted by Gasteiger charge is 2.48. The predicted molar refractivity (Wildman–Crippen MR) is 141 cm³/mol. The molecule has 2 aromatic rings. The molecule has 3 N–H and O–H groups in total. The van der Waals surface area contributed by atoms with E-state index in [-0.39, 0.29) is 25.6 Å². The molecule has 2 rings (SSSR count). The van der Waals surface area contributed by atoms with Crippen LogP contribution < -0.4 is 11.1 Å². The maximum atomic E-state index is 13.4. The molecule has 0 saturated heterocycles. The number of hydrogen-bond donors (Lipinski definition) is 2. The number of ether oxygens (including phenoxy) is 3. The van der Waals surface area contributed by atoms with E-state index in [1.165, 1.54) is 0 Å². The fourth-order valence-electron chi connectivity index (χ4n) is 3.43. The second-order valence-corrected chi connectivity index (χ2v) is 10.5. The second-order valence-electron chi connectivity index (χ2n) is 10.5. The van der Waals surface area contributed by atoms with Crippen molar-refractivity contribution in [3.63, 3.8) is 0 Å². The Morgan fingerprint density at radius 2 is 1.34 bits per heavy atom. The van der Waals surface area contributed by atoms with Gasteiger partial charge in [0.25, 0.3) is 5.91 Å². The molecule has 0 radical (unpaired) electrons. The van der Waals surface area contributed by atoms with E-state index in [0.717, 1.165) is 11.1 Å². The Hall–Kier alpha value is -3.72. The lowest BCUT2D eigenvalue weighted by Crippen LogP contribution is -2.64. The molecular formula is C29H38N2O7. The Bertz CT molecular complexity index is 1080. The van der Waals surface area contributed by atoms with Gasteiger partial charge in [0.1, 0.15) is 24.9 Å². The van der Waals surface area contributed by atoms with Crippen LogP contribution in [0.5, 0.6) is 0 Å². The Morgan fingerprint density at radius 3 is 1.82 bits per heavy atom. The van der Waals surface area contributed by atoms with Gasteiger partial charge in [0, 0.05) is 0 Å². The average molecular weight is 527 g/mol. The van der Waals surface area contributed by atoms with Crippen LogP contribution in [-0.4, -0.2) is 41.0 Å². The number of nitrogens with two attached hydrogens (primary N) is 1. The Kier molecular flexibility index (Phi) is 11.0. The van der Waals surface area contributed by atoms with Gasteiger partial charge in [0.2, 0.25) is 5.54 Å². The number of hydrogen-bond acceptors (Lipinski definition) is 8. The number of amides is 1. The summed E-state index contributed by atoms with van der Waals surface area (Å²) in [6.07, 6.45) is -0.559. The maximum absolute atomic E-state index is 13.4. The first-order chi connectivity index (χ1) is 17.8. The average Bonchev–Trinajstić information content (AvgIpc) is 2.85. The molecule has 0 aromatic heterocycles. The van der Waals surface area contributed by atoms with Crippen LogP contribution in [0.1, 0.15) is 58.6 Å². The van der Waals surface area contributed by atoms with Gasteiger partial charge in [-0.05, 0) is 44.2 Å². The lowest BCUT2D eigenvalue weighted by molar-refractivity contribution is -0.169. The third-order valence-corrected chi connectivity index (χ3v) is 5.36. The van der Waals surface area contributed by atoms with Gasteiger partial charge < -0.3 is 25.3 Å². The summed E-state index contributed by atoms with van der Waals surface area (Å²) in [7, 11) is 0. The lowest BCUT2D eigenvalue weighted by atomic mass is 9.93. The zero-order valence-corrected chi connectivity index (χ0v) is 22.7. The fourth-order valence-corrected chi connectivity index (χ4v) is 3.43. The predicted octanol–water partition coefficient (Wildman–Crippen LogP) is 3.43. The van der Waals surface area contributed by atoms with Crippen LogP contribution in [0.4, 0.5) is 0 Å². The van der Waals surface area contributed by atoms with Crippen LogP contribution in [0.15, 0.2) is 60.7 Å². The molecule has 9 nitrogen and oxygen atoms in total. The van der Waals surface area contributed by atoms with Crippen molar-refractivity contribution in [1.29, 1.82) is 0 Å². The van der Waals surface area contributed by atoms with E-state index in [4.69, 9.17) is 19.9 Å². The summed E-state index contributed by atoms with van der Waals surface area (Å²) in [6.45, 7) is 8.52. The zero-order chi connectivity index (χ0) is 28.3. The smallest absolute Gasteiger partial charge is 0.337 e. The van der Waals surface area contributed by atoms with E-state index in [0.29, 0.717) is 0 Å². The molecule has 0 unspecified atom stereocenters. The number of benzene rings is 2. The van der Waals surface area contributed by atoms with Crippen molar-refractivity contribution in [3.8, 4) is 0 Å². The van der Waals surface area contributed by atoms with Crippen molar-refractivity contribution in [2.24, 2.45) is 11.7 Å². The standard InChI is InChI=1S/C29H38N2O7/c1-20(2)16-23(25(33)37-19-22-14-10-7-11-15-22)31-26(34)29(30,27(35)38-28(3,4)5)17-24(32)36-18-21-12-8-6-9-13-21/h6-15,20,23H,16-19,30H2,1-5H3,(H,31,34)/t23-,29-/m0/s1. The molecular weight excluding hydrogens is 488 g/mol. The molecule has 0 bridgehead atoms. The van der Waals surface area contributed by atoms with E-state index in [9.17, 15) is 19.2 Å². The van der Waals surface area contributed by atoms with Crippen LogP contribution in [-0.2, 0) is 46.6 Å². The Morgan fingerprint density at radius 1 is 0.842 bits per heavy atom. The highest BCUT2D eigenvalue weighted by atomic mass is 16.6. The minimum Gasteiger partial charge on any atom is -0.461 e. The molecule has 38 heavy (non-hydrogen) atoms. The van der Waals surface area contributed by atoms with Gasteiger partial charge in [-0.15, -0.1) is 0 Å². The summed E-state index contributed by atoms with van der Waals surface area (Å²) in [6, 6.07) is 16.9. The van der Waals surface area contributed by atoms with Gasteiger partial charge in [0.05, 0.1) is 6.42 Å². The van der Waals surface area contributed by atoms with Crippen LogP contribution in [0.3, 0.4) is 0 Å². The summed E-state index contributed by atoms with van der Waals surface area (Å²) in [5, 5.41) is 2.52. The first-order valence-corrected chi connectivity index (χ1v) is 12.5. The fraction of sp³-hybridized carbons (Fsp3) is 0.448. The number of rotatable bonds is 12. The van der Waals surface area contributed by atoms with E-state index < -0.39 is 47.4 Å². The van der Waals surface area contributed by atoms with E-state index in [2.05, 4.69) is 5.32 Å². The molecule has 0 aliphatic carbocycles. The minimum atomic E-state index is -2.43. The summed E-state index contributed by atoms with van der Waals surface area (Å²) in [5.74, 6) is -3.71. The van der Waals surface area contributed by atoms with Crippen LogP contribution in [0, 0.1) is 5.92 Å². The largest absolute Gasteiger partial charge is 0.461 e. The van der Waals surface area contributed by atoms with E-state index >= 15 is 0 Å². The van der Waals surface area contributed by atoms with Gasteiger partial charge in [-0.3, -0.25) is 9.59 Å². The third-order valence-electron chi connectivity index (χ3n) is 5.36. The third kappa shape index (κ3) is 9.97. The molecule has 2 aromatic carbocycles. The van der Waals surface area contributed by atoms with Crippen molar-refractivity contribution >= 4 is 23.8 Å². The van der Waals surface area contributed by atoms with E-state index in [1.54, 1.807) is 57.2 Å². The number of carbonyl (C=O) groups excluding carboxylic acids is 4. The molecule has 2 atom stereocenters. The van der Waals surface area contributed by atoms with Crippen molar-refractivity contribution in [3.05, 3.63) is 71.8 Å². The van der Waals surface area contributed by atoms with Crippen LogP contribution >= 0.6 is 0 Å². The quantitative estimate of drug-likeness (QED) is 0.244. The topological polar surface area (TPSA) is 134 Å². The Balaban J connectivity index is 2.20. The van der Waals surface area contributed by atoms with Crippen molar-refractivity contribution in [2.45, 2.75) is 77.9 Å². The molecule has 0 fully saturated rings. The maximum Gasteiger partial charge on any atom is 0.337 e. The van der Waals surface area contributed by atoms with Crippen molar-refractivity contribution in [1.82, 2.24) is 5.32 Å². The molecule has 0 aliphatic rings. The first-order valence-electron chi connectivity index (χ1n) is 12.5. The molecule has 206 valence electrons. The number of carbonyl (C=O) groups is 4. The van der Waals surface area contributed by atoms with Gasteiger partial charge >= 0.3 is 17.9 Å². The van der Waals surface area contributed by atoms with E-state index in [1.807, 2.05) is 38.1 Å². The molecule has 0 heterocycles. The van der Waals surface area contributed by atoms with Gasteiger partial charge in [-0.25, -0.2) is 9.59 Å². The summed E-state index contributed by atoms with van der Waals surface area (Å²) in [4.78, 5) is 52.1. The monoisotopic (exact) mass is 526 g/mol. The number of esters is 3. The van der Waals surface area contributed by atoms with Crippen LogP contribution in [0.25, 0.3) is 0 Å². The van der Waals surface area contributed by atoms with Gasteiger partial charge in [-0.1, -0.05) is 74.5 Å². The zero-order valence-electron chi connectivity index (χ0n) is 22.7. The highest BCUT2D eigenvalue weighted by Crippen LogP contribution is 2.19. The summed E-state index contributed by atoms with van der Waals surface area (Å²) < 4.78 is 16.0. The molecule has 1 amide bonds. The minimum absolute atomic E-state index is 0.00545. The summed E-state index contributed by atoms with van der Waals surface area (Å²) >= 11 is 0. The normalized spacial score (nSPS) is 13.7. The Labute approximate surface area is 224 Å². The van der Waals surface area contributed by atoms with Crippen molar-refractivity contribution in [2.75, 3.05) is 0 Å². The molecule has 0 saturated carbocycles. The first kappa shape index (κ1) is 30.5. The van der Waals surface area contributed by atoms with Crippen molar-refractivity contribution < 1.29 is 33.4 Å². The van der Waals surface area contributed by atoms with Gasteiger partial charge in [0.15, 0.2) is 0 Å². The second kappa shape index (κ2) is 13.7. The highest BCUT2D eigenvalue weighted by molar-refractivity contribution is 6.10. The summed E-state index contributed by atoms with van der Waals surface area (Å²) in [5.41, 5.74) is 4.35. The number of nitrogens with one attached hydrogen (secondary N) is 1.